The highest BCUT2D eigenvalue weighted by atomic mass is 32.2. The second kappa shape index (κ2) is 7.34. The average Bonchev–Trinajstić information content (AvgIpc) is 3.15. The quantitative estimate of drug-likeness (QED) is 0.690. The van der Waals surface area contributed by atoms with Gasteiger partial charge in [-0.15, -0.1) is 22.0 Å². The summed E-state index contributed by atoms with van der Waals surface area (Å²) in [6.45, 7) is 0. The summed E-state index contributed by atoms with van der Waals surface area (Å²) >= 11 is 3.11. The molecular weight excluding hydrogens is 390 g/mol. The van der Waals surface area contributed by atoms with E-state index in [4.69, 9.17) is 4.74 Å². The Hall–Kier alpha value is -1.60. The van der Waals surface area contributed by atoms with E-state index in [2.05, 4.69) is 15.5 Å². The average molecular weight is 416 g/mol. The van der Waals surface area contributed by atoms with E-state index in [0.29, 0.717) is 10.9 Å². The number of carbonyl (C=O) groups excluding carboxylic acids is 1. The molecule has 4 aliphatic rings. The summed E-state index contributed by atoms with van der Waals surface area (Å²) in [4.78, 5) is 13.4. The number of aromatic nitrogens is 2. The van der Waals surface area contributed by atoms with Crippen LogP contribution in [0.2, 0.25) is 0 Å². The molecular formula is C21H25N3O2S2. The summed E-state index contributed by atoms with van der Waals surface area (Å²) in [5.74, 6) is 3.80. The van der Waals surface area contributed by atoms with Gasteiger partial charge in [0.25, 0.3) is 0 Å². The highest BCUT2D eigenvalue weighted by Crippen LogP contribution is 2.61. The number of thioether (sulfide) groups is 1. The Labute approximate surface area is 173 Å². The van der Waals surface area contributed by atoms with E-state index >= 15 is 0 Å². The first-order valence-electron chi connectivity index (χ1n) is 10.0. The Bertz CT molecular complexity index is 830. The predicted octanol–water partition coefficient (Wildman–Crippen LogP) is 4.75. The molecule has 1 N–H and O–H groups in total. The molecule has 0 spiro atoms. The minimum atomic E-state index is -0.0333. The lowest BCUT2D eigenvalue weighted by Gasteiger charge is -2.55. The zero-order valence-electron chi connectivity index (χ0n) is 16.0. The fourth-order valence-corrected chi connectivity index (χ4v) is 7.51. The van der Waals surface area contributed by atoms with E-state index < -0.39 is 0 Å². The zero-order chi connectivity index (χ0) is 19.1. The third-order valence-electron chi connectivity index (χ3n) is 6.59. The highest BCUT2D eigenvalue weighted by molar-refractivity contribution is 8.00. The fraction of sp³-hybridized carbons (Fsp3) is 0.571. The van der Waals surface area contributed by atoms with Crippen molar-refractivity contribution in [3.05, 3.63) is 29.3 Å². The molecule has 1 heterocycles. The van der Waals surface area contributed by atoms with Gasteiger partial charge in [0, 0.05) is 10.3 Å². The van der Waals surface area contributed by atoms with Crippen molar-refractivity contribution in [2.24, 2.45) is 17.8 Å². The van der Waals surface area contributed by atoms with Crippen LogP contribution >= 0.6 is 23.1 Å². The minimum Gasteiger partial charge on any atom is -0.497 e. The number of amides is 1. The maximum atomic E-state index is 12.3. The Balaban J connectivity index is 1.20. The lowest BCUT2D eigenvalue weighted by atomic mass is 9.50. The first-order valence-corrected chi connectivity index (χ1v) is 11.8. The van der Waals surface area contributed by atoms with Crippen molar-refractivity contribution in [2.75, 3.05) is 18.2 Å². The first kappa shape index (κ1) is 18.4. The molecule has 0 saturated heterocycles. The van der Waals surface area contributed by atoms with E-state index in [9.17, 15) is 4.79 Å². The molecule has 4 aliphatic carbocycles. The van der Waals surface area contributed by atoms with Gasteiger partial charge >= 0.3 is 0 Å². The van der Waals surface area contributed by atoms with Crippen LogP contribution in [-0.2, 0) is 10.2 Å². The van der Waals surface area contributed by atoms with Gasteiger partial charge in [-0.1, -0.05) is 11.3 Å². The van der Waals surface area contributed by atoms with Crippen LogP contribution in [0.5, 0.6) is 5.75 Å². The number of methoxy groups -OCH3 is 1. The molecule has 6 rings (SSSR count). The van der Waals surface area contributed by atoms with Crippen LogP contribution in [0.1, 0.15) is 43.5 Å². The van der Waals surface area contributed by atoms with Crippen molar-refractivity contribution < 1.29 is 9.53 Å². The first-order chi connectivity index (χ1) is 13.6. The van der Waals surface area contributed by atoms with Crippen molar-refractivity contribution in [3.63, 3.8) is 0 Å². The van der Waals surface area contributed by atoms with Crippen molar-refractivity contribution in [2.45, 2.75) is 48.8 Å². The summed E-state index contributed by atoms with van der Waals surface area (Å²) in [6.07, 6.45) is 8.08. The second-order valence-electron chi connectivity index (χ2n) is 8.62. The minimum absolute atomic E-state index is 0.0333. The molecule has 7 heteroatoms. The van der Waals surface area contributed by atoms with E-state index in [1.807, 2.05) is 24.3 Å². The molecule has 1 aromatic carbocycles. The third kappa shape index (κ3) is 3.54. The lowest BCUT2D eigenvalue weighted by molar-refractivity contribution is -0.113. The summed E-state index contributed by atoms with van der Waals surface area (Å²) < 4.78 is 5.16. The zero-order valence-corrected chi connectivity index (χ0v) is 17.7. The van der Waals surface area contributed by atoms with E-state index in [1.54, 1.807) is 18.4 Å². The number of carbonyl (C=O) groups is 1. The smallest absolute Gasteiger partial charge is 0.236 e. The van der Waals surface area contributed by atoms with Gasteiger partial charge in [0.1, 0.15) is 10.8 Å². The Morgan fingerprint density at radius 2 is 1.79 bits per heavy atom. The summed E-state index contributed by atoms with van der Waals surface area (Å²) in [7, 11) is 1.65. The van der Waals surface area contributed by atoms with Gasteiger partial charge in [0.15, 0.2) is 0 Å². The van der Waals surface area contributed by atoms with E-state index in [1.165, 1.54) is 50.3 Å². The van der Waals surface area contributed by atoms with Crippen LogP contribution in [-0.4, -0.2) is 29.0 Å². The Morgan fingerprint density at radius 3 is 2.39 bits per heavy atom. The van der Waals surface area contributed by atoms with Crippen LogP contribution in [0.15, 0.2) is 29.2 Å². The van der Waals surface area contributed by atoms with E-state index in [0.717, 1.165) is 33.4 Å². The SMILES string of the molecule is COc1ccc(SCC(=O)Nc2nnc(C34CC5CC(CC(C5)C3)C4)s2)cc1. The van der Waals surface area contributed by atoms with Gasteiger partial charge in [0.2, 0.25) is 11.0 Å². The topological polar surface area (TPSA) is 64.1 Å². The number of hydrogen-bond donors (Lipinski definition) is 1. The monoisotopic (exact) mass is 415 g/mol. The molecule has 4 fully saturated rings. The molecule has 4 saturated carbocycles. The van der Waals surface area contributed by atoms with Gasteiger partial charge in [-0.3, -0.25) is 10.1 Å². The van der Waals surface area contributed by atoms with Crippen LogP contribution in [0.4, 0.5) is 5.13 Å². The second-order valence-corrected chi connectivity index (χ2v) is 10.6. The molecule has 2 aromatic rings. The maximum absolute atomic E-state index is 12.3. The van der Waals surface area contributed by atoms with Crippen molar-refractivity contribution in [3.8, 4) is 5.75 Å². The maximum Gasteiger partial charge on any atom is 0.236 e. The summed E-state index contributed by atoms with van der Waals surface area (Å²) in [5, 5.41) is 13.6. The van der Waals surface area contributed by atoms with Gasteiger partial charge in [0.05, 0.1) is 12.9 Å². The Morgan fingerprint density at radius 1 is 1.14 bits per heavy atom. The van der Waals surface area contributed by atoms with Crippen molar-refractivity contribution >= 4 is 34.1 Å². The standard InChI is InChI=1S/C21H25N3O2S2/c1-26-16-2-4-17(5-3-16)27-12-18(25)22-20-24-23-19(28-20)21-9-13-6-14(10-21)8-15(7-13)11-21/h2-5,13-15H,6-12H2,1H3,(H,22,24,25). The van der Waals surface area contributed by atoms with Crippen LogP contribution in [0.3, 0.4) is 0 Å². The molecule has 0 atom stereocenters. The number of benzene rings is 1. The molecule has 0 radical (unpaired) electrons. The molecule has 0 aliphatic heterocycles. The fourth-order valence-electron chi connectivity index (χ4n) is 5.84. The van der Waals surface area contributed by atoms with E-state index in [-0.39, 0.29) is 11.3 Å². The molecule has 148 valence electrons. The largest absolute Gasteiger partial charge is 0.497 e. The van der Waals surface area contributed by atoms with Gasteiger partial charge in [-0.25, -0.2) is 0 Å². The number of anilines is 1. The van der Waals surface area contributed by atoms with Crippen LogP contribution in [0, 0.1) is 17.8 Å². The number of nitrogens with one attached hydrogen (secondary N) is 1. The number of ether oxygens (including phenoxy) is 1. The van der Waals surface area contributed by atoms with Gasteiger partial charge in [-0.2, -0.15) is 0 Å². The molecule has 4 bridgehead atoms. The van der Waals surface area contributed by atoms with Crippen molar-refractivity contribution in [1.82, 2.24) is 10.2 Å². The van der Waals surface area contributed by atoms with Crippen LogP contribution < -0.4 is 10.1 Å². The molecule has 1 amide bonds. The molecule has 0 unspecified atom stereocenters. The third-order valence-corrected chi connectivity index (χ3v) is 8.69. The lowest BCUT2D eigenvalue weighted by Crippen LogP contribution is -2.48. The van der Waals surface area contributed by atoms with Gasteiger partial charge in [-0.05, 0) is 80.5 Å². The number of rotatable bonds is 6. The van der Waals surface area contributed by atoms with Gasteiger partial charge < -0.3 is 4.74 Å². The molecule has 28 heavy (non-hydrogen) atoms. The van der Waals surface area contributed by atoms with Crippen LogP contribution in [0.25, 0.3) is 0 Å². The highest BCUT2D eigenvalue weighted by Gasteiger charge is 2.53. The normalized spacial score (nSPS) is 30.4. The molecule has 1 aromatic heterocycles. The number of hydrogen-bond acceptors (Lipinski definition) is 6. The Kier molecular flexibility index (Phi) is 4.83. The molecule has 5 nitrogen and oxygen atoms in total. The number of nitrogens with zero attached hydrogens (tertiary/aromatic N) is 2. The predicted molar refractivity (Wildman–Crippen MR) is 112 cm³/mol. The van der Waals surface area contributed by atoms with Crippen molar-refractivity contribution in [1.29, 1.82) is 0 Å². The summed E-state index contributed by atoms with van der Waals surface area (Å²) in [5.41, 5.74) is 0.243. The summed E-state index contributed by atoms with van der Waals surface area (Å²) in [6, 6.07) is 7.74.